The van der Waals surface area contributed by atoms with E-state index in [1.165, 1.54) is 37.1 Å². The first-order valence-electron chi connectivity index (χ1n) is 9.53. The zero-order chi connectivity index (χ0) is 17.9. The zero-order valence-electron chi connectivity index (χ0n) is 16.1. The Kier molecular flexibility index (Phi) is 8.77. The van der Waals surface area contributed by atoms with E-state index in [1.54, 1.807) is 7.11 Å². The van der Waals surface area contributed by atoms with Crippen molar-refractivity contribution in [1.82, 2.24) is 15.5 Å². The maximum atomic E-state index is 5.09. The molecular weight excluding hydrogens is 312 g/mol. The van der Waals surface area contributed by atoms with Gasteiger partial charge in [-0.3, -0.25) is 4.90 Å². The molecule has 140 valence electrons. The number of hydrogen-bond donors (Lipinski definition) is 2. The van der Waals surface area contributed by atoms with Gasteiger partial charge in [-0.1, -0.05) is 31.2 Å². The minimum absolute atomic E-state index is 0.675. The predicted molar refractivity (Wildman–Crippen MR) is 105 cm³/mol. The van der Waals surface area contributed by atoms with E-state index in [2.05, 4.69) is 53.6 Å². The molecule has 1 aliphatic heterocycles. The Morgan fingerprint density at radius 2 is 2.08 bits per heavy atom. The number of rotatable bonds is 8. The highest BCUT2D eigenvalue weighted by Crippen LogP contribution is 2.19. The Bertz CT molecular complexity index is 532. The molecule has 0 radical (unpaired) electrons. The highest BCUT2D eigenvalue weighted by atomic mass is 16.5. The molecule has 1 aliphatic rings. The summed E-state index contributed by atoms with van der Waals surface area (Å²) in [5.74, 6) is 1.66. The summed E-state index contributed by atoms with van der Waals surface area (Å²) in [5.41, 5.74) is 2.71. The lowest BCUT2D eigenvalue weighted by molar-refractivity contribution is 0.176. The van der Waals surface area contributed by atoms with Gasteiger partial charge in [-0.15, -0.1) is 0 Å². The van der Waals surface area contributed by atoms with Crippen LogP contribution in [-0.2, 0) is 17.8 Å². The molecule has 0 spiro atoms. The molecule has 1 saturated heterocycles. The normalized spacial score (nSPS) is 19.0. The summed E-state index contributed by atoms with van der Waals surface area (Å²) in [6.07, 6.45) is 2.68. The minimum atomic E-state index is 0.675. The smallest absolute Gasteiger partial charge is 0.191 e. The zero-order valence-corrected chi connectivity index (χ0v) is 16.1. The van der Waals surface area contributed by atoms with E-state index in [1.807, 2.05) is 0 Å². The third-order valence-corrected chi connectivity index (χ3v) is 4.60. The van der Waals surface area contributed by atoms with Crippen LogP contribution in [0.4, 0.5) is 0 Å². The van der Waals surface area contributed by atoms with Crippen molar-refractivity contribution in [3.63, 3.8) is 0 Å². The van der Waals surface area contributed by atoms with Gasteiger partial charge in [-0.25, -0.2) is 4.99 Å². The molecule has 1 aromatic carbocycles. The summed E-state index contributed by atoms with van der Waals surface area (Å²) >= 11 is 0. The van der Waals surface area contributed by atoms with Crippen molar-refractivity contribution >= 4 is 5.96 Å². The third kappa shape index (κ3) is 7.04. The molecule has 25 heavy (non-hydrogen) atoms. The Hall–Kier alpha value is -1.59. The van der Waals surface area contributed by atoms with Gasteiger partial charge >= 0.3 is 0 Å². The average Bonchev–Trinajstić information content (AvgIpc) is 2.61. The Labute approximate surface area is 152 Å². The number of hydrogen-bond acceptors (Lipinski definition) is 3. The molecule has 5 heteroatoms. The summed E-state index contributed by atoms with van der Waals surface area (Å²) < 4.78 is 5.09. The van der Waals surface area contributed by atoms with E-state index in [4.69, 9.17) is 9.73 Å². The molecule has 0 amide bonds. The molecule has 1 heterocycles. The fourth-order valence-corrected chi connectivity index (χ4v) is 3.31. The molecule has 0 bridgehead atoms. The number of ether oxygens (including phenoxy) is 1. The van der Waals surface area contributed by atoms with Crippen LogP contribution in [0.5, 0.6) is 0 Å². The molecule has 2 rings (SSSR count). The summed E-state index contributed by atoms with van der Waals surface area (Å²) in [6.45, 7) is 10.9. The van der Waals surface area contributed by atoms with Gasteiger partial charge in [-0.2, -0.15) is 0 Å². The molecule has 0 aliphatic carbocycles. The van der Waals surface area contributed by atoms with Gasteiger partial charge < -0.3 is 15.4 Å². The summed E-state index contributed by atoms with van der Waals surface area (Å²) in [4.78, 5) is 7.33. The Morgan fingerprint density at radius 3 is 2.80 bits per heavy atom. The van der Waals surface area contributed by atoms with Gasteiger partial charge in [-0.05, 0) is 43.4 Å². The van der Waals surface area contributed by atoms with Crippen LogP contribution in [0.15, 0.2) is 29.3 Å². The molecule has 2 N–H and O–H groups in total. The van der Waals surface area contributed by atoms with Crippen molar-refractivity contribution in [2.45, 2.75) is 39.8 Å². The predicted octanol–water partition coefficient (Wildman–Crippen LogP) is 2.62. The van der Waals surface area contributed by atoms with Crippen LogP contribution in [0.2, 0.25) is 0 Å². The standard InChI is InChI=1S/C20H34N4O/c1-4-21-20(22-11-13-25-3)23-14-18-9-5-6-10-19(18)16-24-12-7-8-17(2)15-24/h5-6,9-10,17H,4,7-8,11-16H2,1-3H3,(H2,21,22,23). The van der Waals surface area contributed by atoms with Crippen molar-refractivity contribution in [1.29, 1.82) is 0 Å². The van der Waals surface area contributed by atoms with E-state index in [-0.39, 0.29) is 0 Å². The second kappa shape index (κ2) is 11.1. The highest BCUT2D eigenvalue weighted by molar-refractivity contribution is 5.79. The molecule has 1 aromatic rings. The van der Waals surface area contributed by atoms with Crippen LogP contribution in [-0.4, -0.2) is 50.8 Å². The first-order chi connectivity index (χ1) is 12.2. The monoisotopic (exact) mass is 346 g/mol. The SMILES string of the molecule is CCNC(=NCc1ccccc1CN1CCCC(C)C1)NCCOC. The molecule has 0 aromatic heterocycles. The third-order valence-electron chi connectivity index (χ3n) is 4.60. The fraction of sp³-hybridized carbons (Fsp3) is 0.650. The van der Waals surface area contributed by atoms with E-state index < -0.39 is 0 Å². The Balaban J connectivity index is 1.99. The van der Waals surface area contributed by atoms with Crippen molar-refractivity contribution in [3.8, 4) is 0 Å². The number of aliphatic imine (C=N–C) groups is 1. The summed E-state index contributed by atoms with van der Waals surface area (Å²) in [7, 11) is 1.71. The van der Waals surface area contributed by atoms with Gasteiger partial charge in [0.25, 0.3) is 0 Å². The highest BCUT2D eigenvalue weighted by Gasteiger charge is 2.17. The Morgan fingerprint density at radius 1 is 1.28 bits per heavy atom. The van der Waals surface area contributed by atoms with E-state index in [0.29, 0.717) is 13.2 Å². The number of benzene rings is 1. The molecule has 5 nitrogen and oxygen atoms in total. The van der Waals surface area contributed by atoms with Gasteiger partial charge in [0, 0.05) is 33.3 Å². The molecule has 1 unspecified atom stereocenters. The van der Waals surface area contributed by atoms with Crippen LogP contribution in [0, 0.1) is 5.92 Å². The molecule has 1 atom stereocenters. The summed E-state index contributed by atoms with van der Waals surface area (Å²) in [5, 5.41) is 6.59. The van der Waals surface area contributed by atoms with Gasteiger partial charge in [0.2, 0.25) is 0 Å². The molecule has 0 saturated carbocycles. The second-order valence-corrected chi connectivity index (χ2v) is 6.87. The van der Waals surface area contributed by atoms with E-state index in [9.17, 15) is 0 Å². The van der Waals surface area contributed by atoms with Crippen molar-refractivity contribution in [2.24, 2.45) is 10.9 Å². The number of nitrogens with zero attached hydrogens (tertiary/aromatic N) is 2. The quantitative estimate of drug-likeness (QED) is 0.432. The van der Waals surface area contributed by atoms with Gasteiger partial charge in [0.1, 0.15) is 0 Å². The first-order valence-corrected chi connectivity index (χ1v) is 9.53. The number of guanidine groups is 1. The van der Waals surface area contributed by atoms with Crippen LogP contribution in [0.1, 0.15) is 37.8 Å². The minimum Gasteiger partial charge on any atom is -0.383 e. The largest absolute Gasteiger partial charge is 0.383 e. The number of nitrogens with one attached hydrogen (secondary N) is 2. The fourth-order valence-electron chi connectivity index (χ4n) is 3.31. The number of piperidine rings is 1. The van der Waals surface area contributed by atoms with Crippen LogP contribution in [0.3, 0.4) is 0 Å². The van der Waals surface area contributed by atoms with Gasteiger partial charge in [0.05, 0.1) is 13.2 Å². The van der Waals surface area contributed by atoms with E-state index in [0.717, 1.165) is 31.5 Å². The van der Waals surface area contributed by atoms with Crippen molar-refractivity contribution in [2.75, 3.05) is 39.9 Å². The van der Waals surface area contributed by atoms with Crippen LogP contribution < -0.4 is 10.6 Å². The van der Waals surface area contributed by atoms with Crippen LogP contribution in [0.25, 0.3) is 0 Å². The van der Waals surface area contributed by atoms with E-state index >= 15 is 0 Å². The molecule has 1 fully saturated rings. The van der Waals surface area contributed by atoms with Crippen molar-refractivity contribution < 1.29 is 4.74 Å². The number of methoxy groups -OCH3 is 1. The van der Waals surface area contributed by atoms with Crippen LogP contribution >= 0.6 is 0 Å². The lowest BCUT2D eigenvalue weighted by Crippen LogP contribution is -2.38. The average molecular weight is 347 g/mol. The molecular formula is C20H34N4O. The van der Waals surface area contributed by atoms with Crippen molar-refractivity contribution in [3.05, 3.63) is 35.4 Å². The lowest BCUT2D eigenvalue weighted by atomic mass is 9.99. The maximum Gasteiger partial charge on any atom is 0.191 e. The van der Waals surface area contributed by atoms with Gasteiger partial charge in [0.15, 0.2) is 5.96 Å². The summed E-state index contributed by atoms with van der Waals surface area (Å²) in [6, 6.07) is 8.69. The maximum absolute atomic E-state index is 5.09. The topological polar surface area (TPSA) is 48.9 Å². The first kappa shape index (κ1) is 19.7. The second-order valence-electron chi connectivity index (χ2n) is 6.87. The lowest BCUT2D eigenvalue weighted by Gasteiger charge is -2.31. The number of likely N-dealkylation sites (tertiary alicyclic amines) is 1.